The Kier molecular flexibility index (Phi) is 3.56. The molecule has 1 unspecified atom stereocenters. The zero-order chi connectivity index (χ0) is 13.9. The van der Waals surface area contributed by atoms with Gasteiger partial charge in [0.25, 0.3) is 5.91 Å². The number of carbonyl (C=O) groups is 1. The summed E-state index contributed by atoms with van der Waals surface area (Å²) in [5, 5.41) is 4.96. The molecule has 104 valence electrons. The summed E-state index contributed by atoms with van der Waals surface area (Å²) < 4.78 is 5.49. The molecule has 0 saturated carbocycles. The summed E-state index contributed by atoms with van der Waals surface area (Å²) in [5.74, 6) is -0.135. The number of amides is 1. The van der Waals surface area contributed by atoms with Gasteiger partial charge >= 0.3 is 0 Å². The van der Waals surface area contributed by atoms with E-state index in [1.165, 1.54) is 0 Å². The van der Waals surface area contributed by atoms with E-state index < -0.39 is 0 Å². The first kappa shape index (κ1) is 12.9. The van der Waals surface area contributed by atoms with Gasteiger partial charge in [0.05, 0.1) is 11.7 Å². The van der Waals surface area contributed by atoms with E-state index in [0.29, 0.717) is 17.8 Å². The number of nitrogen functional groups attached to an aromatic ring is 1. The highest BCUT2D eigenvalue weighted by Gasteiger charge is 2.17. The van der Waals surface area contributed by atoms with E-state index in [0.717, 1.165) is 30.2 Å². The molecule has 0 radical (unpaired) electrons. The van der Waals surface area contributed by atoms with Crippen LogP contribution in [0.15, 0.2) is 36.4 Å². The maximum atomic E-state index is 12.2. The Hall–Kier alpha value is -2.07. The molecular formula is C16H18N2O2. The van der Waals surface area contributed by atoms with Crippen LogP contribution in [0.4, 0.5) is 5.69 Å². The minimum absolute atomic E-state index is 0.135. The van der Waals surface area contributed by atoms with Gasteiger partial charge in [0, 0.05) is 18.8 Å². The van der Waals surface area contributed by atoms with Crippen molar-refractivity contribution in [2.45, 2.75) is 18.9 Å². The van der Waals surface area contributed by atoms with E-state index in [4.69, 9.17) is 10.5 Å². The summed E-state index contributed by atoms with van der Waals surface area (Å²) in [6.07, 6.45) is 2.22. The van der Waals surface area contributed by atoms with Crippen LogP contribution in [0, 0.1) is 0 Å². The van der Waals surface area contributed by atoms with Crippen LogP contribution in [-0.4, -0.2) is 25.2 Å². The molecule has 3 N–H and O–H groups in total. The number of nitrogens with one attached hydrogen (secondary N) is 1. The zero-order valence-electron chi connectivity index (χ0n) is 11.3. The Balaban J connectivity index is 1.77. The highest BCUT2D eigenvalue weighted by atomic mass is 16.5. The predicted octanol–water partition coefficient (Wildman–Crippen LogP) is 2.33. The highest BCUT2D eigenvalue weighted by molar-refractivity contribution is 6.03. The standard InChI is InChI=1S/C16H18N2O2/c17-15-9-12-5-2-1-4-11(12)8-14(15)16(19)18-10-13-6-3-7-20-13/h1-2,4-5,8-9,13H,3,6-7,10,17H2,(H,18,19). The third-order valence-corrected chi connectivity index (χ3v) is 3.68. The molecule has 1 saturated heterocycles. The molecule has 1 fully saturated rings. The lowest BCUT2D eigenvalue weighted by atomic mass is 10.0. The van der Waals surface area contributed by atoms with Crippen LogP contribution in [0.25, 0.3) is 10.8 Å². The second-order valence-corrected chi connectivity index (χ2v) is 5.13. The van der Waals surface area contributed by atoms with Gasteiger partial charge in [-0.25, -0.2) is 0 Å². The molecule has 0 spiro atoms. The second-order valence-electron chi connectivity index (χ2n) is 5.13. The van der Waals surface area contributed by atoms with Gasteiger partial charge in [0.2, 0.25) is 0 Å². The van der Waals surface area contributed by atoms with Gasteiger partial charge in [0.15, 0.2) is 0 Å². The molecule has 2 aromatic carbocycles. The summed E-state index contributed by atoms with van der Waals surface area (Å²) in [6, 6.07) is 11.6. The van der Waals surface area contributed by atoms with Gasteiger partial charge in [-0.15, -0.1) is 0 Å². The number of ether oxygens (including phenoxy) is 1. The van der Waals surface area contributed by atoms with Gasteiger partial charge in [-0.05, 0) is 35.7 Å². The number of hydrogen-bond donors (Lipinski definition) is 2. The first-order chi connectivity index (χ1) is 9.74. The molecular weight excluding hydrogens is 252 g/mol. The molecule has 0 aromatic heterocycles. The maximum Gasteiger partial charge on any atom is 0.253 e. The first-order valence-electron chi connectivity index (χ1n) is 6.92. The molecule has 1 atom stereocenters. The molecule has 4 heteroatoms. The van der Waals surface area contributed by atoms with Crippen LogP contribution in [0.1, 0.15) is 23.2 Å². The van der Waals surface area contributed by atoms with Crippen molar-refractivity contribution in [1.29, 1.82) is 0 Å². The van der Waals surface area contributed by atoms with Crippen molar-refractivity contribution in [2.75, 3.05) is 18.9 Å². The molecule has 0 bridgehead atoms. The fourth-order valence-corrected chi connectivity index (χ4v) is 2.56. The van der Waals surface area contributed by atoms with E-state index >= 15 is 0 Å². The summed E-state index contributed by atoms with van der Waals surface area (Å²) in [4.78, 5) is 12.2. The molecule has 1 aliphatic rings. The SMILES string of the molecule is Nc1cc2ccccc2cc1C(=O)NCC1CCCO1. The molecule has 1 aliphatic heterocycles. The molecule has 0 aliphatic carbocycles. The lowest BCUT2D eigenvalue weighted by Crippen LogP contribution is -2.32. The molecule has 1 amide bonds. The minimum Gasteiger partial charge on any atom is -0.398 e. The van der Waals surface area contributed by atoms with Crippen molar-refractivity contribution in [1.82, 2.24) is 5.32 Å². The zero-order valence-corrected chi connectivity index (χ0v) is 11.3. The normalized spacial score (nSPS) is 18.3. The number of rotatable bonds is 3. The Morgan fingerprint density at radius 1 is 1.30 bits per heavy atom. The molecule has 20 heavy (non-hydrogen) atoms. The molecule has 4 nitrogen and oxygen atoms in total. The topological polar surface area (TPSA) is 64.4 Å². The quantitative estimate of drug-likeness (QED) is 0.841. The van der Waals surface area contributed by atoms with Crippen molar-refractivity contribution < 1.29 is 9.53 Å². The Morgan fingerprint density at radius 3 is 2.75 bits per heavy atom. The van der Waals surface area contributed by atoms with Crippen molar-refractivity contribution in [3.63, 3.8) is 0 Å². The van der Waals surface area contributed by atoms with E-state index in [-0.39, 0.29) is 12.0 Å². The van der Waals surface area contributed by atoms with E-state index in [9.17, 15) is 4.79 Å². The van der Waals surface area contributed by atoms with Gasteiger partial charge in [-0.2, -0.15) is 0 Å². The van der Waals surface area contributed by atoms with Gasteiger partial charge in [-0.1, -0.05) is 24.3 Å². The van der Waals surface area contributed by atoms with E-state index in [1.54, 1.807) is 0 Å². The summed E-state index contributed by atoms with van der Waals surface area (Å²) >= 11 is 0. The molecule has 2 aromatic rings. The third kappa shape index (κ3) is 2.60. The Bertz CT molecular complexity index is 633. The van der Waals surface area contributed by atoms with Crippen molar-refractivity contribution >= 4 is 22.4 Å². The average molecular weight is 270 g/mol. The average Bonchev–Trinajstić information content (AvgIpc) is 2.97. The first-order valence-corrected chi connectivity index (χ1v) is 6.92. The fraction of sp³-hybridized carbons (Fsp3) is 0.312. The number of benzene rings is 2. The number of fused-ring (bicyclic) bond motifs is 1. The number of carbonyl (C=O) groups excluding carboxylic acids is 1. The number of anilines is 1. The van der Waals surface area contributed by atoms with Crippen LogP contribution >= 0.6 is 0 Å². The Labute approximate surface area is 117 Å². The second kappa shape index (κ2) is 5.51. The van der Waals surface area contributed by atoms with Crippen molar-refractivity contribution in [3.05, 3.63) is 42.0 Å². The third-order valence-electron chi connectivity index (χ3n) is 3.68. The highest BCUT2D eigenvalue weighted by Crippen LogP contribution is 2.22. The largest absolute Gasteiger partial charge is 0.398 e. The number of hydrogen-bond acceptors (Lipinski definition) is 3. The smallest absolute Gasteiger partial charge is 0.253 e. The predicted molar refractivity (Wildman–Crippen MR) is 79.7 cm³/mol. The van der Waals surface area contributed by atoms with Gasteiger partial charge in [0.1, 0.15) is 0 Å². The van der Waals surface area contributed by atoms with Crippen molar-refractivity contribution in [3.8, 4) is 0 Å². The minimum atomic E-state index is -0.135. The summed E-state index contributed by atoms with van der Waals surface area (Å²) in [5.41, 5.74) is 7.02. The van der Waals surface area contributed by atoms with Gasteiger partial charge < -0.3 is 15.8 Å². The van der Waals surface area contributed by atoms with E-state index in [2.05, 4.69) is 5.32 Å². The van der Waals surface area contributed by atoms with Crippen molar-refractivity contribution in [2.24, 2.45) is 0 Å². The van der Waals surface area contributed by atoms with Crippen LogP contribution in [-0.2, 0) is 4.74 Å². The van der Waals surface area contributed by atoms with Crippen LogP contribution in [0.5, 0.6) is 0 Å². The van der Waals surface area contributed by atoms with Crippen LogP contribution < -0.4 is 11.1 Å². The van der Waals surface area contributed by atoms with Crippen LogP contribution in [0.2, 0.25) is 0 Å². The van der Waals surface area contributed by atoms with Crippen LogP contribution in [0.3, 0.4) is 0 Å². The fourth-order valence-electron chi connectivity index (χ4n) is 2.56. The monoisotopic (exact) mass is 270 g/mol. The molecule has 3 rings (SSSR count). The summed E-state index contributed by atoms with van der Waals surface area (Å²) in [7, 11) is 0. The molecule has 1 heterocycles. The summed E-state index contributed by atoms with van der Waals surface area (Å²) in [6.45, 7) is 1.34. The van der Waals surface area contributed by atoms with E-state index in [1.807, 2.05) is 36.4 Å². The lowest BCUT2D eigenvalue weighted by molar-refractivity contribution is 0.0858. The number of nitrogens with two attached hydrogens (primary N) is 1. The lowest BCUT2D eigenvalue weighted by Gasteiger charge is -2.12. The Morgan fingerprint density at radius 2 is 2.05 bits per heavy atom. The van der Waals surface area contributed by atoms with Gasteiger partial charge in [-0.3, -0.25) is 4.79 Å². The maximum absolute atomic E-state index is 12.2.